The Hall–Kier alpha value is -2.21. The van der Waals surface area contributed by atoms with E-state index in [1.807, 2.05) is 30.3 Å². The van der Waals surface area contributed by atoms with Crippen molar-refractivity contribution in [2.75, 3.05) is 0 Å². The van der Waals surface area contributed by atoms with Gasteiger partial charge in [0.25, 0.3) is 11.7 Å². The Kier molecular flexibility index (Phi) is 3.15. The largest absolute Gasteiger partial charge is 0.363 e. The van der Waals surface area contributed by atoms with E-state index in [2.05, 4.69) is 10.1 Å². The second-order valence-electron chi connectivity index (χ2n) is 3.62. The highest BCUT2D eigenvalue weighted by Crippen LogP contribution is 2.13. The van der Waals surface area contributed by atoms with Crippen LogP contribution in [0.15, 0.2) is 34.9 Å². The second kappa shape index (κ2) is 4.75. The Labute approximate surface area is 97.6 Å². The fourth-order valence-electron chi connectivity index (χ4n) is 1.44. The van der Waals surface area contributed by atoms with Gasteiger partial charge in [-0.1, -0.05) is 35.5 Å². The van der Waals surface area contributed by atoms with Gasteiger partial charge in [-0.2, -0.15) is 4.98 Å². The third-order valence-electron chi connectivity index (χ3n) is 2.28. The molecule has 0 radical (unpaired) electrons. The molecule has 1 amide bonds. The van der Waals surface area contributed by atoms with E-state index >= 15 is 0 Å². The molecule has 0 saturated heterocycles. The summed E-state index contributed by atoms with van der Waals surface area (Å²) in [5.74, 6) is -0.668. The molecule has 2 aromatic rings. The monoisotopic (exact) mass is 232 g/mol. The van der Waals surface area contributed by atoms with Gasteiger partial charge in [0.1, 0.15) is 0 Å². The number of benzene rings is 1. The van der Waals surface area contributed by atoms with Gasteiger partial charge in [-0.25, -0.2) is 0 Å². The number of hydrogen-bond donors (Lipinski definition) is 2. The Morgan fingerprint density at radius 1 is 1.35 bits per heavy atom. The van der Waals surface area contributed by atoms with Crippen LogP contribution in [0.3, 0.4) is 0 Å². The number of nitrogens with zero attached hydrogens (tertiary/aromatic N) is 2. The maximum atomic E-state index is 10.8. The average molecular weight is 232 g/mol. The standard InChI is InChI=1S/C11H12N4O2/c12-8(6-7-4-2-1-3-5-7)11-14-10(9(13)16)15-17-11/h1-5,8H,6,12H2,(H2,13,16)/t8-/m0/s1. The lowest BCUT2D eigenvalue weighted by molar-refractivity contribution is 0.0987. The topological polar surface area (TPSA) is 108 Å². The van der Waals surface area contributed by atoms with E-state index in [1.165, 1.54) is 0 Å². The summed E-state index contributed by atoms with van der Waals surface area (Å²) >= 11 is 0. The molecule has 0 unspecified atom stereocenters. The minimum Gasteiger partial charge on any atom is -0.363 e. The van der Waals surface area contributed by atoms with Crippen molar-refractivity contribution in [3.05, 3.63) is 47.6 Å². The van der Waals surface area contributed by atoms with Gasteiger partial charge in [0, 0.05) is 0 Å². The van der Waals surface area contributed by atoms with Crippen molar-refractivity contribution in [2.24, 2.45) is 11.5 Å². The lowest BCUT2D eigenvalue weighted by atomic mass is 10.1. The lowest BCUT2D eigenvalue weighted by Gasteiger charge is -2.05. The van der Waals surface area contributed by atoms with Crippen LogP contribution in [0, 0.1) is 0 Å². The zero-order valence-electron chi connectivity index (χ0n) is 9.04. The summed E-state index contributed by atoms with van der Waals surface area (Å²) in [4.78, 5) is 14.6. The number of amides is 1. The van der Waals surface area contributed by atoms with E-state index in [1.54, 1.807) is 0 Å². The van der Waals surface area contributed by atoms with E-state index in [4.69, 9.17) is 16.0 Å². The minimum atomic E-state index is -0.730. The third kappa shape index (κ3) is 2.67. The summed E-state index contributed by atoms with van der Waals surface area (Å²) in [6, 6.07) is 9.22. The van der Waals surface area contributed by atoms with Gasteiger partial charge in [-0.15, -0.1) is 0 Å². The first-order chi connectivity index (χ1) is 8.16. The summed E-state index contributed by atoms with van der Waals surface area (Å²) in [7, 11) is 0. The molecule has 0 aliphatic rings. The number of rotatable bonds is 4. The summed E-state index contributed by atoms with van der Waals surface area (Å²) < 4.78 is 4.87. The van der Waals surface area contributed by atoms with Crippen LogP contribution in [-0.4, -0.2) is 16.0 Å². The lowest BCUT2D eigenvalue weighted by Crippen LogP contribution is -2.16. The predicted octanol–water partition coefficient (Wildman–Crippen LogP) is 0.411. The fraction of sp³-hybridized carbons (Fsp3) is 0.182. The second-order valence-corrected chi connectivity index (χ2v) is 3.62. The van der Waals surface area contributed by atoms with Gasteiger partial charge in [0.2, 0.25) is 5.89 Å². The SMILES string of the molecule is NC(=O)c1noc([C@@H](N)Cc2ccccc2)n1. The van der Waals surface area contributed by atoms with E-state index in [-0.39, 0.29) is 11.7 Å². The van der Waals surface area contributed by atoms with Crippen molar-refractivity contribution in [1.82, 2.24) is 10.1 Å². The molecule has 0 saturated carbocycles. The van der Waals surface area contributed by atoms with E-state index < -0.39 is 11.9 Å². The van der Waals surface area contributed by atoms with Crippen molar-refractivity contribution >= 4 is 5.91 Å². The Balaban J connectivity index is 2.09. The van der Waals surface area contributed by atoms with Crippen molar-refractivity contribution in [3.63, 3.8) is 0 Å². The zero-order chi connectivity index (χ0) is 12.3. The normalized spacial score (nSPS) is 12.3. The van der Waals surface area contributed by atoms with Crippen LogP contribution in [0.2, 0.25) is 0 Å². The number of aromatic nitrogens is 2. The quantitative estimate of drug-likeness (QED) is 0.793. The maximum Gasteiger partial charge on any atom is 0.290 e. The third-order valence-corrected chi connectivity index (χ3v) is 2.28. The predicted molar refractivity (Wildman–Crippen MR) is 59.9 cm³/mol. The highest BCUT2D eigenvalue weighted by molar-refractivity contribution is 5.88. The van der Waals surface area contributed by atoms with E-state index in [0.717, 1.165) is 5.56 Å². The number of hydrogen-bond acceptors (Lipinski definition) is 5. The molecule has 1 aromatic carbocycles. The molecule has 17 heavy (non-hydrogen) atoms. The van der Waals surface area contributed by atoms with Gasteiger partial charge in [0.15, 0.2) is 0 Å². The van der Waals surface area contributed by atoms with Crippen molar-refractivity contribution in [1.29, 1.82) is 0 Å². The molecule has 0 fully saturated rings. The molecule has 1 atom stereocenters. The van der Waals surface area contributed by atoms with Crippen LogP contribution in [-0.2, 0) is 6.42 Å². The molecule has 6 nitrogen and oxygen atoms in total. The van der Waals surface area contributed by atoms with Crippen LogP contribution >= 0.6 is 0 Å². The molecule has 0 spiro atoms. The first-order valence-electron chi connectivity index (χ1n) is 5.09. The molecule has 1 heterocycles. The smallest absolute Gasteiger partial charge is 0.290 e. The number of carbonyl (C=O) groups is 1. The zero-order valence-corrected chi connectivity index (χ0v) is 9.04. The molecular formula is C11H12N4O2. The highest BCUT2D eigenvalue weighted by atomic mass is 16.5. The number of nitrogens with two attached hydrogens (primary N) is 2. The molecule has 1 aromatic heterocycles. The van der Waals surface area contributed by atoms with Crippen molar-refractivity contribution < 1.29 is 9.32 Å². The van der Waals surface area contributed by atoms with Gasteiger partial charge < -0.3 is 16.0 Å². The number of carbonyl (C=O) groups excluding carboxylic acids is 1. The van der Waals surface area contributed by atoms with Crippen LogP contribution < -0.4 is 11.5 Å². The van der Waals surface area contributed by atoms with Crippen LogP contribution in [0.4, 0.5) is 0 Å². The van der Waals surface area contributed by atoms with Crippen molar-refractivity contribution in [3.8, 4) is 0 Å². The molecule has 4 N–H and O–H groups in total. The average Bonchev–Trinajstić information content (AvgIpc) is 2.79. The van der Waals surface area contributed by atoms with E-state index in [0.29, 0.717) is 6.42 Å². The molecule has 2 rings (SSSR count). The van der Waals surface area contributed by atoms with Gasteiger partial charge >= 0.3 is 0 Å². The molecule has 6 heteroatoms. The molecular weight excluding hydrogens is 220 g/mol. The van der Waals surface area contributed by atoms with Crippen molar-refractivity contribution in [2.45, 2.75) is 12.5 Å². The summed E-state index contributed by atoms with van der Waals surface area (Å²) in [6.07, 6.45) is 0.557. The minimum absolute atomic E-state index is 0.150. The number of primary amides is 1. The molecule has 0 bridgehead atoms. The first kappa shape index (κ1) is 11.3. The molecule has 88 valence electrons. The Morgan fingerprint density at radius 3 is 2.65 bits per heavy atom. The van der Waals surface area contributed by atoms with Gasteiger partial charge in [-0.3, -0.25) is 4.79 Å². The van der Waals surface area contributed by atoms with E-state index in [9.17, 15) is 4.79 Å². The molecule has 0 aliphatic heterocycles. The summed E-state index contributed by atoms with van der Waals surface area (Å²) in [6.45, 7) is 0. The highest BCUT2D eigenvalue weighted by Gasteiger charge is 2.17. The maximum absolute atomic E-state index is 10.8. The van der Waals surface area contributed by atoms with Crippen LogP contribution in [0.5, 0.6) is 0 Å². The Morgan fingerprint density at radius 2 is 2.06 bits per heavy atom. The summed E-state index contributed by atoms with van der Waals surface area (Å²) in [5.41, 5.74) is 12.0. The summed E-state index contributed by atoms with van der Waals surface area (Å²) in [5, 5.41) is 3.44. The van der Waals surface area contributed by atoms with Crippen LogP contribution in [0.1, 0.15) is 28.1 Å². The fourth-order valence-corrected chi connectivity index (χ4v) is 1.44. The van der Waals surface area contributed by atoms with Gasteiger partial charge in [-0.05, 0) is 12.0 Å². The Bertz CT molecular complexity index is 509. The van der Waals surface area contributed by atoms with Crippen LogP contribution in [0.25, 0.3) is 0 Å². The first-order valence-corrected chi connectivity index (χ1v) is 5.09. The van der Waals surface area contributed by atoms with Gasteiger partial charge in [0.05, 0.1) is 6.04 Å². The molecule has 0 aliphatic carbocycles.